The van der Waals surface area contributed by atoms with Crippen LogP contribution in [0.4, 0.5) is 5.69 Å². The number of aryl methyl sites for hydroxylation is 2. The number of benzene rings is 2. The highest BCUT2D eigenvalue weighted by atomic mass is 32.2. The lowest BCUT2D eigenvalue weighted by atomic mass is 10.1. The summed E-state index contributed by atoms with van der Waals surface area (Å²) in [7, 11) is -3.78. The lowest BCUT2D eigenvalue weighted by Gasteiger charge is -2.10. The first-order chi connectivity index (χ1) is 10.3. The van der Waals surface area contributed by atoms with E-state index < -0.39 is 15.9 Å². The van der Waals surface area contributed by atoms with E-state index in [1.54, 1.807) is 12.1 Å². The van der Waals surface area contributed by atoms with Crippen molar-refractivity contribution in [3.05, 3.63) is 59.2 Å². The number of amides is 1. The molecule has 0 aliphatic rings. The van der Waals surface area contributed by atoms with E-state index in [9.17, 15) is 13.2 Å². The molecule has 2 aromatic carbocycles. The highest BCUT2D eigenvalue weighted by Crippen LogP contribution is 2.19. The summed E-state index contributed by atoms with van der Waals surface area (Å²) in [5.74, 6) is 4.50. The highest BCUT2D eigenvalue weighted by Gasteiger charge is 2.16. The Morgan fingerprint density at radius 1 is 1.05 bits per heavy atom. The van der Waals surface area contributed by atoms with Crippen LogP contribution < -0.4 is 16.0 Å². The van der Waals surface area contributed by atoms with Crippen molar-refractivity contribution >= 4 is 21.6 Å². The first kappa shape index (κ1) is 16.0. The van der Waals surface area contributed by atoms with Gasteiger partial charge in [0.15, 0.2) is 0 Å². The predicted molar refractivity (Wildman–Crippen MR) is 84.8 cm³/mol. The fourth-order valence-corrected chi connectivity index (χ4v) is 3.00. The van der Waals surface area contributed by atoms with Gasteiger partial charge < -0.3 is 0 Å². The Labute approximate surface area is 129 Å². The van der Waals surface area contributed by atoms with Crippen molar-refractivity contribution in [2.45, 2.75) is 18.7 Å². The quantitative estimate of drug-likeness (QED) is 0.453. The first-order valence-corrected chi connectivity index (χ1v) is 8.03. The number of nitrogens with two attached hydrogens (primary N) is 1. The summed E-state index contributed by atoms with van der Waals surface area (Å²) in [4.78, 5) is 11.5. The summed E-state index contributed by atoms with van der Waals surface area (Å²) in [6, 6.07) is 10.9. The van der Waals surface area contributed by atoms with Crippen LogP contribution >= 0.6 is 0 Å². The van der Waals surface area contributed by atoms with Gasteiger partial charge in [-0.1, -0.05) is 12.1 Å². The molecule has 6 nitrogen and oxygen atoms in total. The Morgan fingerprint density at radius 3 is 2.41 bits per heavy atom. The van der Waals surface area contributed by atoms with E-state index in [4.69, 9.17) is 5.84 Å². The topological polar surface area (TPSA) is 101 Å². The predicted octanol–water partition coefficient (Wildman–Crippen LogP) is 1.71. The van der Waals surface area contributed by atoms with Gasteiger partial charge >= 0.3 is 0 Å². The maximum Gasteiger partial charge on any atom is 0.265 e. The standard InChI is InChI=1S/C15H17N3O3S/c1-10-6-7-13(8-11(10)2)18-22(20,21)14-5-3-4-12(9-14)15(19)17-16/h3-9,18H,16H2,1-2H3,(H,17,19). The van der Waals surface area contributed by atoms with Crippen molar-refractivity contribution in [2.24, 2.45) is 5.84 Å². The molecule has 0 radical (unpaired) electrons. The second kappa shape index (κ2) is 6.17. The summed E-state index contributed by atoms with van der Waals surface area (Å²) in [5.41, 5.74) is 4.67. The molecule has 0 spiro atoms. The van der Waals surface area contributed by atoms with Gasteiger partial charge in [0, 0.05) is 11.3 Å². The molecule has 0 unspecified atom stereocenters. The van der Waals surface area contributed by atoms with Gasteiger partial charge in [0.05, 0.1) is 4.90 Å². The summed E-state index contributed by atoms with van der Waals surface area (Å²) in [5, 5.41) is 0. The molecule has 0 saturated carbocycles. The van der Waals surface area contributed by atoms with Crippen LogP contribution in [0.2, 0.25) is 0 Å². The SMILES string of the molecule is Cc1ccc(NS(=O)(=O)c2cccc(C(=O)NN)c2)cc1C. The van der Waals surface area contributed by atoms with Crippen LogP contribution in [0.25, 0.3) is 0 Å². The van der Waals surface area contributed by atoms with Crippen LogP contribution in [-0.4, -0.2) is 14.3 Å². The van der Waals surface area contributed by atoms with Gasteiger partial charge in [-0.3, -0.25) is 14.9 Å². The zero-order valence-corrected chi connectivity index (χ0v) is 13.1. The maximum atomic E-state index is 12.4. The molecule has 116 valence electrons. The monoisotopic (exact) mass is 319 g/mol. The fourth-order valence-electron chi connectivity index (χ4n) is 1.91. The summed E-state index contributed by atoms with van der Waals surface area (Å²) >= 11 is 0. The Hall–Kier alpha value is -2.38. The van der Waals surface area contributed by atoms with Crippen molar-refractivity contribution in [1.82, 2.24) is 5.43 Å². The largest absolute Gasteiger partial charge is 0.290 e. The van der Waals surface area contributed by atoms with Crippen molar-refractivity contribution in [3.8, 4) is 0 Å². The number of sulfonamides is 1. The Bertz CT molecular complexity index is 817. The van der Waals surface area contributed by atoms with Crippen LogP contribution in [0.1, 0.15) is 21.5 Å². The van der Waals surface area contributed by atoms with Gasteiger partial charge in [-0.25, -0.2) is 14.3 Å². The molecule has 4 N–H and O–H groups in total. The third-order valence-electron chi connectivity index (χ3n) is 3.30. The third-order valence-corrected chi connectivity index (χ3v) is 4.68. The number of carbonyl (C=O) groups is 1. The van der Waals surface area contributed by atoms with E-state index in [0.717, 1.165) is 11.1 Å². The summed E-state index contributed by atoms with van der Waals surface area (Å²) < 4.78 is 27.3. The number of nitrogens with one attached hydrogen (secondary N) is 2. The molecule has 0 atom stereocenters. The molecule has 0 aliphatic heterocycles. The molecule has 0 aliphatic carbocycles. The lowest BCUT2D eigenvalue weighted by molar-refractivity contribution is 0.0953. The van der Waals surface area contributed by atoms with Crippen molar-refractivity contribution < 1.29 is 13.2 Å². The number of nitrogen functional groups attached to an aromatic ring is 1. The van der Waals surface area contributed by atoms with Crippen molar-refractivity contribution in [3.63, 3.8) is 0 Å². The molecule has 0 bridgehead atoms. The number of hydrogen-bond acceptors (Lipinski definition) is 4. The Morgan fingerprint density at radius 2 is 1.77 bits per heavy atom. The van der Waals surface area contributed by atoms with Crippen molar-refractivity contribution in [2.75, 3.05) is 4.72 Å². The molecule has 2 rings (SSSR count). The number of carbonyl (C=O) groups excluding carboxylic acids is 1. The molecular weight excluding hydrogens is 302 g/mol. The lowest BCUT2D eigenvalue weighted by Crippen LogP contribution is -2.30. The minimum absolute atomic E-state index is 0.00757. The molecule has 0 aromatic heterocycles. The first-order valence-electron chi connectivity index (χ1n) is 6.54. The third kappa shape index (κ3) is 3.44. The molecule has 2 aromatic rings. The molecule has 0 fully saturated rings. The normalized spacial score (nSPS) is 11.0. The van der Waals surface area contributed by atoms with E-state index in [1.807, 2.05) is 25.3 Å². The highest BCUT2D eigenvalue weighted by molar-refractivity contribution is 7.92. The zero-order chi connectivity index (χ0) is 16.3. The second-order valence-electron chi connectivity index (χ2n) is 4.91. The smallest absolute Gasteiger partial charge is 0.265 e. The Kier molecular flexibility index (Phi) is 4.48. The number of anilines is 1. The molecule has 0 heterocycles. The van der Waals surface area contributed by atoms with Crippen LogP contribution in [-0.2, 0) is 10.0 Å². The van der Waals surface area contributed by atoms with Gasteiger partial charge in [0.1, 0.15) is 0 Å². The van der Waals surface area contributed by atoms with E-state index >= 15 is 0 Å². The van der Waals surface area contributed by atoms with Crippen LogP contribution in [0.15, 0.2) is 47.4 Å². The van der Waals surface area contributed by atoms with Crippen LogP contribution in [0, 0.1) is 13.8 Å². The van der Waals surface area contributed by atoms with E-state index in [2.05, 4.69) is 4.72 Å². The van der Waals surface area contributed by atoms with Crippen molar-refractivity contribution in [1.29, 1.82) is 0 Å². The minimum Gasteiger partial charge on any atom is -0.290 e. The fraction of sp³-hybridized carbons (Fsp3) is 0.133. The van der Waals surface area contributed by atoms with E-state index in [0.29, 0.717) is 5.69 Å². The molecular formula is C15H17N3O3S. The second-order valence-corrected chi connectivity index (χ2v) is 6.59. The van der Waals surface area contributed by atoms with Gasteiger partial charge in [0.2, 0.25) is 0 Å². The van der Waals surface area contributed by atoms with Crippen LogP contribution in [0.3, 0.4) is 0 Å². The summed E-state index contributed by atoms with van der Waals surface area (Å²) in [6.45, 7) is 3.85. The van der Waals surface area contributed by atoms with E-state index in [-0.39, 0.29) is 10.5 Å². The zero-order valence-electron chi connectivity index (χ0n) is 12.3. The minimum atomic E-state index is -3.78. The molecule has 1 amide bonds. The average molecular weight is 319 g/mol. The molecule has 7 heteroatoms. The summed E-state index contributed by atoms with van der Waals surface area (Å²) in [6.07, 6.45) is 0. The Balaban J connectivity index is 2.34. The number of rotatable bonds is 4. The van der Waals surface area contributed by atoms with Gasteiger partial charge in [0.25, 0.3) is 15.9 Å². The van der Waals surface area contributed by atoms with Gasteiger partial charge in [-0.15, -0.1) is 0 Å². The van der Waals surface area contributed by atoms with E-state index in [1.165, 1.54) is 24.3 Å². The maximum absolute atomic E-state index is 12.4. The van der Waals surface area contributed by atoms with Gasteiger partial charge in [-0.05, 0) is 55.3 Å². The molecule has 22 heavy (non-hydrogen) atoms. The molecule has 0 saturated heterocycles. The average Bonchev–Trinajstić information content (AvgIpc) is 2.50. The number of hydrazine groups is 1. The number of hydrogen-bond donors (Lipinski definition) is 3. The van der Waals surface area contributed by atoms with Gasteiger partial charge in [-0.2, -0.15) is 0 Å². The van der Waals surface area contributed by atoms with Crippen LogP contribution in [0.5, 0.6) is 0 Å².